The summed E-state index contributed by atoms with van der Waals surface area (Å²) in [4.78, 5) is 37.2. The average Bonchev–Trinajstić information content (AvgIpc) is 2.62. The zero-order valence-electron chi connectivity index (χ0n) is 13.8. The fourth-order valence-corrected chi connectivity index (χ4v) is 2.51. The van der Waals surface area contributed by atoms with E-state index in [1.165, 1.54) is 43.3 Å². The van der Waals surface area contributed by atoms with Crippen molar-refractivity contribution in [3.05, 3.63) is 64.1 Å². The highest BCUT2D eigenvalue weighted by Gasteiger charge is 2.16. The van der Waals surface area contributed by atoms with Crippen molar-refractivity contribution in [2.24, 2.45) is 0 Å². The predicted molar refractivity (Wildman–Crippen MR) is 97.5 cm³/mol. The summed E-state index contributed by atoms with van der Waals surface area (Å²) in [7, 11) is 2.83. The monoisotopic (exact) mass is 404 g/mol. The first-order valence-electron chi connectivity index (χ1n) is 7.40. The van der Waals surface area contributed by atoms with Gasteiger partial charge < -0.3 is 15.0 Å². The SMILES string of the molecule is COC(=O)c1ccc(C(=O)N(C)CC(=O)Nc2ccccc2Br)cc1. The molecule has 0 spiro atoms. The minimum absolute atomic E-state index is 0.0983. The van der Waals surface area contributed by atoms with Crippen LogP contribution in [0.1, 0.15) is 20.7 Å². The number of methoxy groups -OCH3 is 1. The number of likely N-dealkylation sites (N-methyl/N-ethyl adjacent to an activating group) is 1. The third-order valence-electron chi connectivity index (χ3n) is 3.43. The highest BCUT2D eigenvalue weighted by atomic mass is 79.9. The Morgan fingerprint density at radius 1 is 1.04 bits per heavy atom. The van der Waals surface area contributed by atoms with E-state index in [1.807, 2.05) is 12.1 Å². The van der Waals surface area contributed by atoms with E-state index in [1.54, 1.807) is 12.1 Å². The molecule has 0 atom stereocenters. The lowest BCUT2D eigenvalue weighted by molar-refractivity contribution is -0.116. The minimum Gasteiger partial charge on any atom is -0.465 e. The van der Waals surface area contributed by atoms with Crippen molar-refractivity contribution in [2.45, 2.75) is 0 Å². The van der Waals surface area contributed by atoms with E-state index in [9.17, 15) is 14.4 Å². The molecular formula is C18H17BrN2O4. The van der Waals surface area contributed by atoms with Gasteiger partial charge >= 0.3 is 5.97 Å². The van der Waals surface area contributed by atoms with Crippen LogP contribution in [0.5, 0.6) is 0 Å². The number of rotatable bonds is 5. The molecule has 0 fully saturated rings. The summed E-state index contributed by atoms with van der Waals surface area (Å²) in [5, 5.41) is 2.74. The molecule has 0 saturated heterocycles. The Bertz CT molecular complexity index is 790. The first-order chi connectivity index (χ1) is 11.9. The highest BCUT2D eigenvalue weighted by Crippen LogP contribution is 2.21. The number of amides is 2. The van der Waals surface area contributed by atoms with Gasteiger partial charge in [0, 0.05) is 17.1 Å². The number of para-hydroxylation sites is 1. The predicted octanol–water partition coefficient (Wildman–Crippen LogP) is 2.95. The molecule has 0 bridgehead atoms. The Kier molecular flexibility index (Phi) is 6.30. The molecule has 0 aliphatic rings. The second-order valence-electron chi connectivity index (χ2n) is 5.26. The number of anilines is 1. The van der Waals surface area contributed by atoms with Gasteiger partial charge in [0.05, 0.1) is 24.9 Å². The number of carbonyl (C=O) groups is 3. The molecule has 0 unspecified atom stereocenters. The largest absolute Gasteiger partial charge is 0.465 e. The van der Waals surface area contributed by atoms with Crippen LogP contribution in [0.2, 0.25) is 0 Å². The number of hydrogen-bond donors (Lipinski definition) is 1. The number of benzene rings is 2. The van der Waals surface area contributed by atoms with Crippen molar-refractivity contribution in [3.63, 3.8) is 0 Å². The average molecular weight is 405 g/mol. The van der Waals surface area contributed by atoms with Crippen LogP contribution in [0.4, 0.5) is 5.69 Å². The molecule has 0 heterocycles. The summed E-state index contributed by atoms with van der Waals surface area (Å²) in [5.74, 6) is -1.10. The van der Waals surface area contributed by atoms with Crippen molar-refractivity contribution >= 4 is 39.4 Å². The zero-order chi connectivity index (χ0) is 18.4. The van der Waals surface area contributed by atoms with E-state index >= 15 is 0 Å². The minimum atomic E-state index is -0.472. The Morgan fingerprint density at radius 3 is 2.24 bits per heavy atom. The molecule has 1 N–H and O–H groups in total. The van der Waals surface area contributed by atoms with Gasteiger partial charge in [-0.3, -0.25) is 9.59 Å². The number of nitrogens with zero attached hydrogens (tertiary/aromatic N) is 1. The number of carbonyl (C=O) groups excluding carboxylic acids is 3. The van der Waals surface area contributed by atoms with Crippen molar-refractivity contribution in [3.8, 4) is 0 Å². The molecule has 2 amide bonds. The molecule has 0 saturated carbocycles. The second-order valence-corrected chi connectivity index (χ2v) is 6.11. The van der Waals surface area contributed by atoms with Gasteiger partial charge in [-0.1, -0.05) is 12.1 Å². The Morgan fingerprint density at radius 2 is 1.64 bits per heavy atom. The summed E-state index contributed by atoms with van der Waals surface area (Å²) >= 11 is 3.35. The van der Waals surface area contributed by atoms with Crippen molar-refractivity contribution in [1.29, 1.82) is 0 Å². The topological polar surface area (TPSA) is 75.7 Å². The molecule has 130 valence electrons. The Hall–Kier alpha value is -2.67. The van der Waals surface area contributed by atoms with Gasteiger partial charge in [-0.25, -0.2) is 4.79 Å². The smallest absolute Gasteiger partial charge is 0.337 e. The Balaban J connectivity index is 1.99. The Labute approximate surface area is 153 Å². The maximum absolute atomic E-state index is 12.4. The molecule has 25 heavy (non-hydrogen) atoms. The number of hydrogen-bond acceptors (Lipinski definition) is 4. The molecule has 2 aromatic carbocycles. The van der Waals surface area contributed by atoms with Crippen LogP contribution in [-0.2, 0) is 9.53 Å². The fraction of sp³-hybridized carbons (Fsp3) is 0.167. The van der Waals surface area contributed by atoms with Crippen LogP contribution in [0, 0.1) is 0 Å². The molecule has 6 nitrogen and oxygen atoms in total. The number of ether oxygens (including phenoxy) is 1. The standard InChI is InChI=1S/C18H17BrN2O4/c1-21(11-16(22)20-15-6-4-3-5-14(15)19)17(23)12-7-9-13(10-8-12)18(24)25-2/h3-10H,11H2,1-2H3,(H,20,22). The molecule has 0 radical (unpaired) electrons. The van der Waals surface area contributed by atoms with Crippen molar-refractivity contribution < 1.29 is 19.1 Å². The van der Waals surface area contributed by atoms with Gasteiger partial charge in [0.1, 0.15) is 0 Å². The molecular weight excluding hydrogens is 388 g/mol. The lowest BCUT2D eigenvalue weighted by Gasteiger charge is -2.17. The third kappa shape index (κ3) is 4.90. The lowest BCUT2D eigenvalue weighted by atomic mass is 10.1. The molecule has 0 aromatic heterocycles. The van der Waals surface area contributed by atoms with Crippen molar-refractivity contribution in [2.75, 3.05) is 26.0 Å². The fourth-order valence-electron chi connectivity index (χ4n) is 2.13. The quantitative estimate of drug-likeness (QED) is 0.777. The van der Waals surface area contributed by atoms with Crippen molar-refractivity contribution in [1.82, 2.24) is 4.90 Å². The van der Waals surface area contributed by atoms with Gasteiger partial charge in [0.15, 0.2) is 0 Å². The summed E-state index contributed by atoms with van der Waals surface area (Å²) in [6.45, 7) is -0.0983. The molecule has 2 aromatic rings. The highest BCUT2D eigenvalue weighted by molar-refractivity contribution is 9.10. The maximum atomic E-state index is 12.4. The first-order valence-corrected chi connectivity index (χ1v) is 8.20. The second kappa shape index (κ2) is 8.43. The molecule has 7 heteroatoms. The van der Waals surface area contributed by atoms with E-state index in [0.29, 0.717) is 16.8 Å². The lowest BCUT2D eigenvalue weighted by Crippen LogP contribution is -2.35. The summed E-state index contributed by atoms with van der Waals surface area (Å²) in [5.41, 5.74) is 1.37. The van der Waals surface area contributed by atoms with Gasteiger partial charge in [-0.05, 0) is 52.3 Å². The number of esters is 1. The third-order valence-corrected chi connectivity index (χ3v) is 4.12. The van der Waals surface area contributed by atoms with E-state index in [-0.39, 0.29) is 18.4 Å². The summed E-state index contributed by atoms with van der Waals surface area (Å²) in [6, 6.07) is 13.3. The van der Waals surface area contributed by atoms with E-state index in [0.717, 1.165) is 4.47 Å². The van der Waals surface area contributed by atoms with Crippen LogP contribution in [-0.4, -0.2) is 43.4 Å². The van der Waals surface area contributed by atoms with E-state index < -0.39 is 5.97 Å². The molecule has 0 aliphatic carbocycles. The maximum Gasteiger partial charge on any atom is 0.337 e. The van der Waals surface area contributed by atoms with Crippen LogP contribution in [0.3, 0.4) is 0 Å². The number of nitrogens with one attached hydrogen (secondary N) is 1. The van der Waals surface area contributed by atoms with Crippen LogP contribution in [0.25, 0.3) is 0 Å². The van der Waals surface area contributed by atoms with Crippen LogP contribution < -0.4 is 5.32 Å². The van der Waals surface area contributed by atoms with Crippen LogP contribution in [0.15, 0.2) is 53.0 Å². The first kappa shape index (κ1) is 18.7. The van der Waals surface area contributed by atoms with Crippen LogP contribution >= 0.6 is 15.9 Å². The normalized spacial score (nSPS) is 10.0. The zero-order valence-corrected chi connectivity index (χ0v) is 15.4. The van der Waals surface area contributed by atoms with E-state index in [2.05, 4.69) is 26.0 Å². The van der Waals surface area contributed by atoms with Gasteiger partial charge in [-0.2, -0.15) is 0 Å². The molecule has 2 rings (SSSR count). The number of halogens is 1. The summed E-state index contributed by atoms with van der Waals surface area (Å²) < 4.78 is 5.37. The van der Waals surface area contributed by atoms with Gasteiger partial charge in [0.25, 0.3) is 5.91 Å². The van der Waals surface area contributed by atoms with E-state index in [4.69, 9.17) is 0 Å². The summed E-state index contributed by atoms with van der Waals surface area (Å²) in [6.07, 6.45) is 0. The van der Waals surface area contributed by atoms with Gasteiger partial charge in [0.2, 0.25) is 5.91 Å². The molecule has 0 aliphatic heterocycles. The van der Waals surface area contributed by atoms with Gasteiger partial charge in [-0.15, -0.1) is 0 Å².